The number of hydrogen-bond donors (Lipinski definition) is 1. The van der Waals surface area contributed by atoms with Gasteiger partial charge in [0.1, 0.15) is 6.17 Å². The Morgan fingerprint density at radius 3 is 2.14 bits per heavy atom. The van der Waals surface area contributed by atoms with E-state index < -0.39 is 6.17 Å². The molecule has 7 heavy (non-hydrogen) atoms. The molecule has 1 nitrogen and oxygen atoms in total. The minimum Gasteiger partial charge on any atom is -0.325 e. The number of halogens is 1. The molecule has 0 aromatic rings. The summed E-state index contributed by atoms with van der Waals surface area (Å²) in [6, 6.07) is -0.264. The highest BCUT2D eigenvalue weighted by atomic mass is 19.1. The lowest BCUT2D eigenvalue weighted by Gasteiger charge is -2.07. The molecule has 0 radical (unpaired) electrons. The molecule has 0 spiro atoms. The Balaban J connectivity index is 3.14. The lowest BCUT2D eigenvalue weighted by molar-refractivity contribution is 0.300. The third kappa shape index (κ3) is 2.57. The molecular weight excluding hydrogens is 93.1 g/mol. The molecule has 0 fully saturated rings. The fourth-order valence-electron chi connectivity index (χ4n) is 0.325. The van der Waals surface area contributed by atoms with Crippen LogP contribution in [-0.4, -0.2) is 12.2 Å². The summed E-state index contributed by atoms with van der Waals surface area (Å²) in [5.41, 5.74) is 5.24. The molecule has 0 bridgehead atoms. The van der Waals surface area contributed by atoms with Gasteiger partial charge in [-0.15, -0.1) is 0 Å². The first-order chi connectivity index (χ1) is 3.18. The van der Waals surface area contributed by atoms with Crippen LogP contribution in [0, 0.1) is 0 Å². The lowest BCUT2D eigenvalue weighted by Crippen LogP contribution is -2.28. The summed E-state index contributed by atoms with van der Waals surface area (Å²) in [6.07, 6.45) is -0.137. The van der Waals surface area contributed by atoms with E-state index in [4.69, 9.17) is 5.73 Å². The second-order valence-electron chi connectivity index (χ2n) is 1.75. The highest BCUT2D eigenvalue weighted by Crippen LogP contribution is 1.96. The van der Waals surface area contributed by atoms with Gasteiger partial charge in [0.05, 0.1) is 0 Å². The van der Waals surface area contributed by atoms with Crippen molar-refractivity contribution in [1.29, 1.82) is 0 Å². The van der Waals surface area contributed by atoms with Crippen molar-refractivity contribution in [3.8, 4) is 0 Å². The van der Waals surface area contributed by atoms with Crippen molar-refractivity contribution in [3.63, 3.8) is 0 Å². The van der Waals surface area contributed by atoms with Crippen molar-refractivity contribution < 1.29 is 4.39 Å². The monoisotopic (exact) mass is 105 g/mol. The molecule has 0 rings (SSSR count). The first-order valence-electron chi connectivity index (χ1n) is 2.58. The normalized spacial score (nSPS) is 18.9. The van der Waals surface area contributed by atoms with E-state index in [1.807, 2.05) is 6.92 Å². The Hall–Kier alpha value is -0.110. The molecule has 0 saturated heterocycles. The average Bonchev–Trinajstić information content (AvgIpc) is 1.65. The van der Waals surface area contributed by atoms with Gasteiger partial charge < -0.3 is 5.73 Å². The number of hydrogen-bond acceptors (Lipinski definition) is 1. The quantitative estimate of drug-likeness (QED) is 0.558. The standard InChI is InChI=1S/C5H12FN/c1-3-5(7)4(2)6/h4-5H,3,7H2,1-2H3/t4?,5-/m0/s1. The minimum absolute atomic E-state index is 0.264. The third-order valence-corrected chi connectivity index (χ3v) is 1.06. The topological polar surface area (TPSA) is 26.0 Å². The first-order valence-corrected chi connectivity index (χ1v) is 2.58. The van der Waals surface area contributed by atoms with Gasteiger partial charge in [0, 0.05) is 6.04 Å². The number of nitrogens with two attached hydrogens (primary N) is 1. The van der Waals surface area contributed by atoms with E-state index in [9.17, 15) is 4.39 Å². The molecule has 0 aliphatic carbocycles. The molecular formula is C5H12FN. The molecule has 0 amide bonds. The summed E-state index contributed by atoms with van der Waals surface area (Å²) in [5.74, 6) is 0. The van der Waals surface area contributed by atoms with Crippen LogP contribution >= 0.6 is 0 Å². The lowest BCUT2D eigenvalue weighted by atomic mass is 10.2. The van der Waals surface area contributed by atoms with Crippen LogP contribution in [-0.2, 0) is 0 Å². The van der Waals surface area contributed by atoms with Crippen LogP contribution < -0.4 is 5.73 Å². The molecule has 2 heteroatoms. The maximum Gasteiger partial charge on any atom is 0.112 e. The highest BCUT2D eigenvalue weighted by Gasteiger charge is 2.05. The predicted molar refractivity (Wildman–Crippen MR) is 28.8 cm³/mol. The molecule has 0 heterocycles. The zero-order valence-corrected chi connectivity index (χ0v) is 4.82. The number of rotatable bonds is 2. The van der Waals surface area contributed by atoms with E-state index in [-0.39, 0.29) is 6.04 Å². The Labute approximate surface area is 43.7 Å². The van der Waals surface area contributed by atoms with Crippen LogP contribution in [0.1, 0.15) is 20.3 Å². The second-order valence-corrected chi connectivity index (χ2v) is 1.75. The Kier molecular flexibility index (Phi) is 2.92. The zero-order chi connectivity index (χ0) is 5.86. The SMILES string of the molecule is CC[C@H](N)C(C)F. The van der Waals surface area contributed by atoms with Crippen molar-refractivity contribution in [2.75, 3.05) is 0 Å². The van der Waals surface area contributed by atoms with Crippen LogP contribution in [0.25, 0.3) is 0 Å². The van der Waals surface area contributed by atoms with Gasteiger partial charge in [0.25, 0.3) is 0 Å². The maximum atomic E-state index is 12.0. The van der Waals surface area contributed by atoms with E-state index >= 15 is 0 Å². The zero-order valence-electron chi connectivity index (χ0n) is 4.82. The Morgan fingerprint density at radius 2 is 2.14 bits per heavy atom. The smallest absolute Gasteiger partial charge is 0.112 e. The van der Waals surface area contributed by atoms with Gasteiger partial charge in [-0.1, -0.05) is 6.92 Å². The predicted octanol–water partition coefficient (Wildman–Crippen LogP) is 1.08. The molecule has 2 N–H and O–H groups in total. The summed E-state index contributed by atoms with van der Waals surface area (Å²) in [5, 5.41) is 0. The van der Waals surface area contributed by atoms with Crippen LogP contribution in [0.15, 0.2) is 0 Å². The van der Waals surface area contributed by atoms with Gasteiger partial charge in [0.15, 0.2) is 0 Å². The fourth-order valence-corrected chi connectivity index (χ4v) is 0.325. The van der Waals surface area contributed by atoms with E-state index in [1.54, 1.807) is 0 Å². The van der Waals surface area contributed by atoms with Crippen LogP contribution in [0.3, 0.4) is 0 Å². The highest BCUT2D eigenvalue weighted by molar-refractivity contribution is 4.63. The van der Waals surface area contributed by atoms with Gasteiger partial charge in [-0.05, 0) is 13.3 Å². The molecule has 0 aliphatic rings. The average molecular weight is 105 g/mol. The molecule has 2 atom stereocenters. The van der Waals surface area contributed by atoms with Crippen molar-refractivity contribution in [2.45, 2.75) is 32.5 Å². The van der Waals surface area contributed by atoms with Gasteiger partial charge in [-0.25, -0.2) is 4.39 Å². The van der Waals surface area contributed by atoms with E-state index in [2.05, 4.69) is 0 Å². The maximum absolute atomic E-state index is 12.0. The fraction of sp³-hybridized carbons (Fsp3) is 1.00. The van der Waals surface area contributed by atoms with Crippen molar-refractivity contribution in [3.05, 3.63) is 0 Å². The van der Waals surface area contributed by atoms with Gasteiger partial charge in [-0.3, -0.25) is 0 Å². The van der Waals surface area contributed by atoms with Crippen molar-refractivity contribution >= 4 is 0 Å². The van der Waals surface area contributed by atoms with Crippen LogP contribution in [0.4, 0.5) is 4.39 Å². The van der Waals surface area contributed by atoms with Crippen LogP contribution in [0.5, 0.6) is 0 Å². The molecule has 0 aromatic carbocycles. The summed E-state index contributed by atoms with van der Waals surface area (Å²) in [4.78, 5) is 0. The summed E-state index contributed by atoms with van der Waals surface area (Å²) in [7, 11) is 0. The van der Waals surface area contributed by atoms with Gasteiger partial charge >= 0.3 is 0 Å². The summed E-state index contributed by atoms with van der Waals surface area (Å²) >= 11 is 0. The number of alkyl halides is 1. The summed E-state index contributed by atoms with van der Waals surface area (Å²) < 4.78 is 12.0. The molecule has 1 unspecified atom stereocenters. The minimum atomic E-state index is -0.856. The van der Waals surface area contributed by atoms with E-state index in [1.165, 1.54) is 6.92 Å². The van der Waals surface area contributed by atoms with Crippen molar-refractivity contribution in [1.82, 2.24) is 0 Å². The first kappa shape index (κ1) is 6.89. The van der Waals surface area contributed by atoms with Crippen LogP contribution in [0.2, 0.25) is 0 Å². The van der Waals surface area contributed by atoms with E-state index in [0.29, 0.717) is 0 Å². The molecule has 0 aromatic heterocycles. The Morgan fingerprint density at radius 1 is 1.71 bits per heavy atom. The molecule has 0 aliphatic heterocycles. The van der Waals surface area contributed by atoms with Crippen molar-refractivity contribution in [2.24, 2.45) is 5.73 Å². The second kappa shape index (κ2) is 2.97. The third-order valence-electron chi connectivity index (χ3n) is 1.06. The molecule has 0 saturated carbocycles. The van der Waals surface area contributed by atoms with E-state index in [0.717, 1.165) is 6.42 Å². The summed E-state index contributed by atoms with van der Waals surface area (Å²) in [6.45, 7) is 3.36. The Bertz CT molecular complexity index is 45.3. The van der Waals surface area contributed by atoms with Gasteiger partial charge in [-0.2, -0.15) is 0 Å². The molecule has 44 valence electrons. The largest absolute Gasteiger partial charge is 0.325 e. The van der Waals surface area contributed by atoms with Gasteiger partial charge in [0.2, 0.25) is 0 Å².